The number of morpholine rings is 1. The van der Waals surface area contributed by atoms with Crippen molar-refractivity contribution in [3.8, 4) is 0 Å². The van der Waals surface area contributed by atoms with Gasteiger partial charge in [0.2, 0.25) is 5.91 Å². The van der Waals surface area contributed by atoms with E-state index >= 15 is 0 Å². The Balaban J connectivity index is 1.50. The zero-order valence-electron chi connectivity index (χ0n) is 17.5. The minimum Gasteiger partial charge on any atom is -0.379 e. The van der Waals surface area contributed by atoms with Crippen LogP contribution < -0.4 is 5.32 Å². The van der Waals surface area contributed by atoms with E-state index in [0.717, 1.165) is 44.8 Å². The molecule has 0 atom stereocenters. The molecule has 0 aliphatic carbocycles. The Morgan fingerprint density at radius 1 is 1.13 bits per heavy atom. The van der Waals surface area contributed by atoms with Crippen LogP contribution >= 0.6 is 0 Å². The van der Waals surface area contributed by atoms with Gasteiger partial charge in [-0.3, -0.25) is 19.5 Å². The molecular weight excluding hydrogens is 401 g/mol. The summed E-state index contributed by atoms with van der Waals surface area (Å²) in [5, 5.41) is 2.81. The Morgan fingerprint density at radius 3 is 2.61 bits per heavy atom. The number of rotatable bonds is 10. The third kappa shape index (κ3) is 7.69. The standard InChI is InChI=1S/C22H28FN5O3/c23-19-4-2-18(3-5-19)16-26-21(29)6-11-28(22(30)20-17-24-7-8-25-20)10-1-9-27-12-14-31-15-13-27/h2-5,7-8,17H,1,6,9-16H2,(H,26,29). The highest BCUT2D eigenvalue weighted by Crippen LogP contribution is 2.06. The van der Waals surface area contributed by atoms with Crippen molar-refractivity contribution in [1.29, 1.82) is 0 Å². The average molecular weight is 429 g/mol. The summed E-state index contributed by atoms with van der Waals surface area (Å²) in [6, 6.07) is 5.98. The van der Waals surface area contributed by atoms with E-state index in [4.69, 9.17) is 4.74 Å². The van der Waals surface area contributed by atoms with Gasteiger partial charge in [-0.25, -0.2) is 9.37 Å². The molecule has 1 fully saturated rings. The fourth-order valence-corrected chi connectivity index (χ4v) is 3.32. The van der Waals surface area contributed by atoms with Crippen molar-refractivity contribution in [1.82, 2.24) is 25.1 Å². The first-order valence-electron chi connectivity index (χ1n) is 10.5. The van der Waals surface area contributed by atoms with Gasteiger partial charge in [-0.05, 0) is 24.1 Å². The molecule has 0 unspecified atom stereocenters. The summed E-state index contributed by atoms with van der Waals surface area (Å²) < 4.78 is 18.4. The summed E-state index contributed by atoms with van der Waals surface area (Å²) in [5.74, 6) is -0.721. The maximum absolute atomic E-state index is 13.0. The molecule has 1 aromatic carbocycles. The van der Waals surface area contributed by atoms with E-state index in [1.807, 2.05) is 0 Å². The van der Waals surface area contributed by atoms with E-state index in [0.29, 0.717) is 13.1 Å². The number of ether oxygens (including phenoxy) is 1. The number of carbonyl (C=O) groups is 2. The van der Waals surface area contributed by atoms with Crippen molar-refractivity contribution >= 4 is 11.8 Å². The molecule has 1 aliphatic heterocycles. The van der Waals surface area contributed by atoms with Crippen molar-refractivity contribution in [2.45, 2.75) is 19.4 Å². The van der Waals surface area contributed by atoms with Crippen LogP contribution in [0.4, 0.5) is 4.39 Å². The van der Waals surface area contributed by atoms with Crippen LogP contribution in [-0.4, -0.2) is 77.5 Å². The van der Waals surface area contributed by atoms with Crippen LogP contribution in [0.15, 0.2) is 42.9 Å². The van der Waals surface area contributed by atoms with Gasteiger partial charge in [-0.2, -0.15) is 0 Å². The van der Waals surface area contributed by atoms with Gasteiger partial charge in [0.1, 0.15) is 11.5 Å². The average Bonchev–Trinajstić information content (AvgIpc) is 2.81. The minimum absolute atomic E-state index is 0.171. The first-order valence-corrected chi connectivity index (χ1v) is 10.5. The number of aromatic nitrogens is 2. The van der Waals surface area contributed by atoms with E-state index in [2.05, 4.69) is 20.2 Å². The lowest BCUT2D eigenvalue weighted by molar-refractivity contribution is -0.121. The molecule has 0 spiro atoms. The fraction of sp³-hybridized carbons (Fsp3) is 0.455. The molecule has 166 valence electrons. The molecule has 3 rings (SSSR count). The van der Waals surface area contributed by atoms with E-state index in [-0.39, 0.29) is 36.3 Å². The molecule has 2 aromatic rings. The van der Waals surface area contributed by atoms with Crippen molar-refractivity contribution in [3.63, 3.8) is 0 Å². The minimum atomic E-state index is -0.315. The predicted octanol–water partition coefficient (Wildman–Crippen LogP) is 1.49. The predicted molar refractivity (Wildman–Crippen MR) is 113 cm³/mol. The topological polar surface area (TPSA) is 87.7 Å². The first kappa shape index (κ1) is 22.8. The maximum atomic E-state index is 13.0. The van der Waals surface area contributed by atoms with E-state index in [1.165, 1.54) is 30.7 Å². The maximum Gasteiger partial charge on any atom is 0.274 e. The number of hydrogen-bond acceptors (Lipinski definition) is 6. The second-order valence-corrected chi connectivity index (χ2v) is 7.34. The molecule has 1 aliphatic rings. The third-order valence-electron chi connectivity index (χ3n) is 5.09. The van der Waals surface area contributed by atoms with Crippen molar-refractivity contribution < 1.29 is 18.7 Å². The fourth-order valence-electron chi connectivity index (χ4n) is 3.32. The highest BCUT2D eigenvalue weighted by atomic mass is 19.1. The molecule has 8 nitrogen and oxygen atoms in total. The summed E-state index contributed by atoms with van der Waals surface area (Å²) in [5.41, 5.74) is 1.08. The van der Waals surface area contributed by atoms with Crippen molar-refractivity contribution in [3.05, 3.63) is 59.9 Å². The molecule has 1 N–H and O–H groups in total. The molecule has 2 amide bonds. The van der Waals surface area contributed by atoms with Crippen LogP contribution in [-0.2, 0) is 16.1 Å². The van der Waals surface area contributed by atoms with Gasteiger partial charge in [0.25, 0.3) is 5.91 Å². The van der Waals surface area contributed by atoms with Gasteiger partial charge >= 0.3 is 0 Å². The van der Waals surface area contributed by atoms with Crippen LogP contribution in [0.3, 0.4) is 0 Å². The Morgan fingerprint density at radius 2 is 1.90 bits per heavy atom. The molecule has 0 saturated carbocycles. The molecule has 9 heteroatoms. The smallest absolute Gasteiger partial charge is 0.274 e. The highest BCUT2D eigenvalue weighted by molar-refractivity contribution is 5.92. The van der Waals surface area contributed by atoms with Gasteiger partial charge in [0, 0.05) is 58.1 Å². The Hall–Kier alpha value is -2.91. The zero-order chi connectivity index (χ0) is 21.9. The zero-order valence-corrected chi connectivity index (χ0v) is 17.5. The summed E-state index contributed by atoms with van der Waals surface area (Å²) >= 11 is 0. The molecule has 31 heavy (non-hydrogen) atoms. The van der Waals surface area contributed by atoms with Crippen LogP contribution in [0.5, 0.6) is 0 Å². The van der Waals surface area contributed by atoms with Gasteiger partial charge in [-0.15, -0.1) is 0 Å². The highest BCUT2D eigenvalue weighted by Gasteiger charge is 2.19. The summed E-state index contributed by atoms with van der Waals surface area (Å²) in [7, 11) is 0. The Bertz CT molecular complexity index is 829. The number of nitrogens with zero attached hydrogens (tertiary/aromatic N) is 4. The second-order valence-electron chi connectivity index (χ2n) is 7.34. The Kier molecular flexibility index (Phi) is 8.86. The quantitative estimate of drug-likeness (QED) is 0.616. The van der Waals surface area contributed by atoms with Crippen LogP contribution in [0.25, 0.3) is 0 Å². The van der Waals surface area contributed by atoms with Crippen LogP contribution in [0, 0.1) is 5.82 Å². The molecule has 1 saturated heterocycles. The lowest BCUT2D eigenvalue weighted by Gasteiger charge is -2.28. The van der Waals surface area contributed by atoms with Gasteiger partial charge < -0.3 is 15.0 Å². The second kappa shape index (κ2) is 12.1. The largest absolute Gasteiger partial charge is 0.379 e. The summed E-state index contributed by atoms with van der Waals surface area (Å²) in [6.45, 7) is 5.24. The molecular formula is C22H28FN5O3. The van der Waals surface area contributed by atoms with Crippen molar-refractivity contribution in [2.24, 2.45) is 0 Å². The van der Waals surface area contributed by atoms with E-state index < -0.39 is 0 Å². The number of benzene rings is 1. The number of hydrogen-bond donors (Lipinski definition) is 1. The normalized spacial score (nSPS) is 14.2. The first-order chi connectivity index (χ1) is 15.1. The third-order valence-corrected chi connectivity index (χ3v) is 5.09. The number of nitrogens with one attached hydrogen (secondary N) is 1. The lowest BCUT2D eigenvalue weighted by Crippen LogP contribution is -2.40. The molecule has 2 heterocycles. The monoisotopic (exact) mass is 429 g/mol. The Labute approximate surface area is 181 Å². The number of halogens is 1. The molecule has 0 bridgehead atoms. The van der Waals surface area contributed by atoms with Gasteiger partial charge in [0.05, 0.1) is 19.4 Å². The lowest BCUT2D eigenvalue weighted by atomic mass is 10.2. The molecule has 1 aromatic heterocycles. The van der Waals surface area contributed by atoms with Crippen molar-refractivity contribution in [2.75, 3.05) is 45.9 Å². The van der Waals surface area contributed by atoms with Gasteiger partial charge in [0.15, 0.2) is 0 Å². The number of carbonyl (C=O) groups excluding carboxylic acids is 2. The summed E-state index contributed by atoms with van der Waals surface area (Å²) in [6.07, 6.45) is 5.40. The van der Waals surface area contributed by atoms with E-state index in [9.17, 15) is 14.0 Å². The summed E-state index contributed by atoms with van der Waals surface area (Å²) in [4.78, 5) is 37.2. The number of amides is 2. The van der Waals surface area contributed by atoms with Crippen LogP contribution in [0.1, 0.15) is 28.9 Å². The SMILES string of the molecule is O=C(CCN(CCCN1CCOCC1)C(=O)c1cnccn1)NCc1ccc(F)cc1. The molecule has 0 radical (unpaired) electrons. The van der Waals surface area contributed by atoms with Crippen LogP contribution in [0.2, 0.25) is 0 Å². The van der Waals surface area contributed by atoms with Gasteiger partial charge in [-0.1, -0.05) is 12.1 Å². The van der Waals surface area contributed by atoms with E-state index in [1.54, 1.807) is 17.0 Å².